The molecule has 0 aliphatic carbocycles. The quantitative estimate of drug-likeness (QED) is 0.651. The molecule has 1 atom stereocenters. The zero-order chi connectivity index (χ0) is 19.5. The highest BCUT2D eigenvalue weighted by molar-refractivity contribution is 6.11. The molecule has 142 valence electrons. The molecule has 0 fully saturated rings. The third-order valence-corrected chi connectivity index (χ3v) is 5.31. The van der Waals surface area contributed by atoms with Crippen LogP contribution in [0, 0.1) is 0 Å². The average molecular weight is 385 g/mol. The molecule has 28 heavy (non-hydrogen) atoms. The molecule has 0 bridgehead atoms. The van der Waals surface area contributed by atoms with Gasteiger partial charge in [-0.3, -0.25) is 4.79 Å². The van der Waals surface area contributed by atoms with Gasteiger partial charge in [0.1, 0.15) is 23.5 Å². The maximum atomic E-state index is 13.5. The van der Waals surface area contributed by atoms with Gasteiger partial charge in [0, 0.05) is 11.3 Å². The van der Waals surface area contributed by atoms with Crippen molar-refractivity contribution < 1.29 is 27.1 Å². The molecule has 5 rings (SSSR count). The molecule has 0 N–H and O–H groups in total. The van der Waals surface area contributed by atoms with Crippen molar-refractivity contribution in [1.82, 2.24) is 0 Å². The zero-order valence-corrected chi connectivity index (χ0v) is 14.5. The molecular weight excluding hydrogens is 371 g/mol. The van der Waals surface area contributed by atoms with Crippen LogP contribution in [0.2, 0.25) is 0 Å². The van der Waals surface area contributed by atoms with E-state index in [0.29, 0.717) is 11.4 Å². The number of hydrogen-bond acceptors (Lipinski definition) is 3. The van der Waals surface area contributed by atoms with Gasteiger partial charge in [-0.15, -0.1) is 0 Å². The van der Waals surface area contributed by atoms with Crippen LogP contribution >= 0.6 is 0 Å². The first-order valence-electron chi connectivity index (χ1n) is 8.71. The van der Waals surface area contributed by atoms with E-state index in [2.05, 4.69) is 0 Å². The largest absolute Gasteiger partial charge is 0.491 e. The second kappa shape index (κ2) is 5.64. The minimum absolute atomic E-state index is 0.0692. The fourth-order valence-electron chi connectivity index (χ4n) is 4.06. The van der Waals surface area contributed by atoms with Crippen LogP contribution < -0.4 is 9.64 Å². The number of furan rings is 1. The number of carbonyl (C=O) groups excluding carboxylic acids is 1. The average Bonchev–Trinajstić information content (AvgIpc) is 3.36. The Morgan fingerprint density at radius 2 is 1.68 bits per heavy atom. The monoisotopic (exact) mass is 385 g/mol. The Morgan fingerprint density at radius 1 is 0.964 bits per heavy atom. The van der Waals surface area contributed by atoms with Gasteiger partial charge in [0.15, 0.2) is 0 Å². The number of halogens is 3. The summed E-state index contributed by atoms with van der Waals surface area (Å²) in [6, 6.07) is 16.8. The number of anilines is 1. The second-order valence-electron chi connectivity index (χ2n) is 6.86. The topological polar surface area (TPSA) is 42.7 Å². The summed E-state index contributed by atoms with van der Waals surface area (Å²) in [5.74, 6) is -0.597. The molecule has 2 aliphatic rings. The van der Waals surface area contributed by atoms with E-state index >= 15 is 0 Å². The van der Waals surface area contributed by atoms with Gasteiger partial charge in [-0.1, -0.05) is 36.4 Å². The van der Waals surface area contributed by atoms with Crippen molar-refractivity contribution in [2.75, 3.05) is 11.5 Å². The summed E-state index contributed by atoms with van der Waals surface area (Å²) >= 11 is 0. The van der Waals surface area contributed by atoms with Crippen LogP contribution in [-0.4, -0.2) is 12.5 Å². The number of para-hydroxylation sites is 2. The first-order chi connectivity index (χ1) is 13.4. The fourth-order valence-corrected chi connectivity index (χ4v) is 4.06. The van der Waals surface area contributed by atoms with E-state index in [1.807, 2.05) is 36.4 Å². The number of ether oxygens (including phenoxy) is 1. The Balaban J connectivity index is 1.59. The van der Waals surface area contributed by atoms with Crippen molar-refractivity contribution in [3.63, 3.8) is 0 Å². The van der Waals surface area contributed by atoms with Crippen molar-refractivity contribution >= 4 is 11.6 Å². The van der Waals surface area contributed by atoms with Gasteiger partial charge >= 0.3 is 6.18 Å². The maximum absolute atomic E-state index is 13.5. The van der Waals surface area contributed by atoms with E-state index in [1.54, 1.807) is 12.1 Å². The lowest BCUT2D eigenvalue weighted by atomic mass is 9.77. The number of carbonyl (C=O) groups is 1. The van der Waals surface area contributed by atoms with Crippen molar-refractivity contribution in [3.8, 4) is 5.75 Å². The highest BCUT2D eigenvalue weighted by Crippen LogP contribution is 2.52. The molecule has 0 radical (unpaired) electrons. The summed E-state index contributed by atoms with van der Waals surface area (Å²) in [6.45, 7) is 0.0699. The number of alkyl halides is 3. The molecule has 2 aromatic carbocycles. The van der Waals surface area contributed by atoms with Gasteiger partial charge < -0.3 is 14.1 Å². The molecule has 3 aromatic rings. The van der Waals surface area contributed by atoms with Gasteiger partial charge in [0.25, 0.3) is 0 Å². The molecule has 4 nitrogen and oxygen atoms in total. The van der Waals surface area contributed by atoms with Crippen LogP contribution in [0.25, 0.3) is 0 Å². The summed E-state index contributed by atoms with van der Waals surface area (Å²) in [7, 11) is 0. The van der Waals surface area contributed by atoms with Crippen molar-refractivity contribution in [3.05, 3.63) is 83.3 Å². The third kappa shape index (κ3) is 2.22. The molecule has 2 aliphatic heterocycles. The predicted octanol–water partition coefficient (Wildman–Crippen LogP) is 4.52. The number of nitrogens with zero attached hydrogens (tertiary/aromatic N) is 1. The lowest BCUT2D eigenvalue weighted by Gasteiger charge is -2.22. The van der Waals surface area contributed by atoms with Gasteiger partial charge in [0.2, 0.25) is 11.7 Å². The van der Waals surface area contributed by atoms with Crippen molar-refractivity contribution in [1.29, 1.82) is 0 Å². The minimum Gasteiger partial charge on any atom is -0.491 e. The first kappa shape index (κ1) is 16.9. The van der Waals surface area contributed by atoms with Crippen LogP contribution in [0.5, 0.6) is 5.75 Å². The van der Waals surface area contributed by atoms with Crippen molar-refractivity contribution in [2.24, 2.45) is 0 Å². The molecule has 3 heterocycles. The molecule has 1 unspecified atom stereocenters. The van der Waals surface area contributed by atoms with Crippen LogP contribution in [-0.2, 0) is 22.9 Å². The van der Waals surface area contributed by atoms with Crippen LogP contribution in [0.3, 0.4) is 0 Å². The number of amides is 1. The Hall–Kier alpha value is -3.22. The highest BCUT2D eigenvalue weighted by atomic mass is 19.4. The summed E-state index contributed by atoms with van der Waals surface area (Å²) in [6.07, 6.45) is -4.56. The van der Waals surface area contributed by atoms with Crippen LogP contribution in [0.1, 0.15) is 22.6 Å². The SMILES string of the molecule is O=C1N(Cc2ccc(C(F)(F)F)o2)c2ccccc2C12COc1ccccc12. The van der Waals surface area contributed by atoms with Gasteiger partial charge in [-0.2, -0.15) is 13.2 Å². The maximum Gasteiger partial charge on any atom is 0.449 e. The van der Waals surface area contributed by atoms with Crippen LogP contribution in [0.15, 0.2) is 65.1 Å². The molecule has 0 saturated heterocycles. The Labute approximate surface area is 158 Å². The fraction of sp³-hybridized carbons (Fsp3) is 0.190. The Kier molecular flexibility index (Phi) is 3.41. The van der Waals surface area contributed by atoms with Gasteiger partial charge in [-0.05, 0) is 29.8 Å². The van der Waals surface area contributed by atoms with Crippen LogP contribution in [0.4, 0.5) is 18.9 Å². The van der Waals surface area contributed by atoms with E-state index in [4.69, 9.17) is 9.15 Å². The van der Waals surface area contributed by atoms with Crippen molar-refractivity contribution in [2.45, 2.75) is 18.1 Å². The van der Waals surface area contributed by atoms with E-state index in [0.717, 1.165) is 17.2 Å². The lowest BCUT2D eigenvalue weighted by Crippen LogP contribution is -2.42. The van der Waals surface area contributed by atoms with Gasteiger partial charge in [0.05, 0.1) is 6.54 Å². The summed E-state index contributed by atoms with van der Waals surface area (Å²) < 4.78 is 49.3. The Morgan fingerprint density at radius 3 is 2.43 bits per heavy atom. The van der Waals surface area contributed by atoms with E-state index < -0.39 is 17.4 Å². The van der Waals surface area contributed by atoms with E-state index in [-0.39, 0.29) is 24.8 Å². The predicted molar refractivity (Wildman–Crippen MR) is 94.1 cm³/mol. The number of benzene rings is 2. The van der Waals surface area contributed by atoms with E-state index in [1.165, 1.54) is 11.0 Å². The third-order valence-electron chi connectivity index (χ3n) is 5.31. The van der Waals surface area contributed by atoms with E-state index in [9.17, 15) is 18.0 Å². The Bertz CT molecular complexity index is 1090. The molecule has 1 aromatic heterocycles. The number of fused-ring (bicyclic) bond motifs is 4. The smallest absolute Gasteiger partial charge is 0.449 e. The highest BCUT2D eigenvalue weighted by Gasteiger charge is 2.56. The summed E-state index contributed by atoms with van der Waals surface area (Å²) in [4.78, 5) is 15.0. The first-order valence-corrected chi connectivity index (χ1v) is 8.71. The normalized spacial score (nSPS) is 20.4. The van der Waals surface area contributed by atoms with Gasteiger partial charge in [-0.25, -0.2) is 0 Å². The summed E-state index contributed by atoms with van der Waals surface area (Å²) in [5, 5.41) is 0. The molecule has 1 spiro atoms. The minimum atomic E-state index is -4.56. The standard InChI is InChI=1S/C21H14F3NO3/c22-21(23,24)18-10-9-13(28-18)11-25-16-7-3-1-5-14(16)20(19(25)26)12-27-17-8-4-2-6-15(17)20/h1-10H,11-12H2. The molecule has 0 saturated carbocycles. The molecule has 7 heteroatoms. The lowest BCUT2D eigenvalue weighted by molar-refractivity contribution is -0.153. The second-order valence-corrected chi connectivity index (χ2v) is 6.86. The summed E-state index contributed by atoms with van der Waals surface area (Å²) in [5.41, 5.74) is 1.21. The molecular formula is C21H14F3NO3. The zero-order valence-electron chi connectivity index (χ0n) is 14.5. The molecule has 1 amide bonds. The number of hydrogen-bond donors (Lipinski definition) is 0. The number of rotatable bonds is 2.